The minimum atomic E-state index is -0.880. The lowest BCUT2D eigenvalue weighted by Gasteiger charge is -2.27. The molecule has 1 aliphatic heterocycles. The molecule has 1 unspecified atom stereocenters. The van der Waals surface area contributed by atoms with Crippen molar-refractivity contribution in [2.24, 2.45) is 0 Å². The third kappa shape index (κ3) is 5.85. The Bertz CT molecular complexity index is 1290. The van der Waals surface area contributed by atoms with Gasteiger partial charge in [0.2, 0.25) is 0 Å². The molecule has 1 amide bonds. The Balaban J connectivity index is 1.68. The van der Waals surface area contributed by atoms with Gasteiger partial charge in [0.1, 0.15) is 5.82 Å². The maximum atomic E-state index is 13.6. The maximum Gasteiger partial charge on any atom is 0.303 e. The number of carbonyl (C=O) groups excluding carboxylic acids is 1. The highest BCUT2D eigenvalue weighted by Crippen LogP contribution is 2.32. The lowest BCUT2D eigenvalue weighted by Crippen LogP contribution is -2.32. The van der Waals surface area contributed by atoms with E-state index in [0.29, 0.717) is 17.0 Å². The van der Waals surface area contributed by atoms with Gasteiger partial charge in [-0.05, 0) is 49.6 Å². The summed E-state index contributed by atoms with van der Waals surface area (Å²) in [5.74, 6) is -0.512. The van der Waals surface area contributed by atoms with Crippen molar-refractivity contribution in [3.05, 3.63) is 80.8 Å². The monoisotopic (exact) mass is 555 g/mol. The fraction of sp³-hybridized carbons (Fsp3) is 0.296. The molecule has 0 fully saturated rings. The summed E-state index contributed by atoms with van der Waals surface area (Å²) in [4.78, 5) is 32.0. The number of rotatable bonds is 8. The standard InChI is InChI=1S/C27H27BrClN3O3/c1-17-25(21-15-19(28)10-11-23(21)31-26(17)32-13-5-2-6-14-32)27(35)30-16-18(9-12-24(33)34)20-7-3-4-8-22(20)29/h2-5,7-8,10-11,15,18H,6,9,12-14,16H2,1H3,(H,30,35)(H,33,34). The summed E-state index contributed by atoms with van der Waals surface area (Å²) < 4.78 is 0.865. The molecule has 0 bridgehead atoms. The number of carbonyl (C=O) groups is 2. The molecule has 1 atom stereocenters. The van der Waals surface area contributed by atoms with E-state index in [1.165, 1.54) is 0 Å². The first-order valence-electron chi connectivity index (χ1n) is 11.6. The molecule has 3 aromatic rings. The number of anilines is 1. The van der Waals surface area contributed by atoms with Crippen molar-refractivity contribution in [3.63, 3.8) is 0 Å². The second kappa shape index (κ2) is 11.2. The zero-order chi connectivity index (χ0) is 24.9. The minimum absolute atomic E-state index is 0.0114. The molecule has 1 aliphatic rings. The van der Waals surface area contributed by atoms with Crippen LogP contribution < -0.4 is 10.2 Å². The van der Waals surface area contributed by atoms with E-state index in [0.717, 1.165) is 51.8 Å². The van der Waals surface area contributed by atoms with Gasteiger partial charge in [0.05, 0.1) is 11.1 Å². The molecular weight excluding hydrogens is 530 g/mol. The minimum Gasteiger partial charge on any atom is -0.481 e. The Morgan fingerprint density at radius 2 is 2.03 bits per heavy atom. The molecule has 182 valence electrons. The number of pyridine rings is 1. The molecule has 8 heteroatoms. The van der Waals surface area contributed by atoms with Crippen molar-refractivity contribution in [2.75, 3.05) is 24.5 Å². The van der Waals surface area contributed by atoms with Crippen molar-refractivity contribution in [3.8, 4) is 0 Å². The van der Waals surface area contributed by atoms with Gasteiger partial charge in [-0.1, -0.05) is 57.9 Å². The lowest BCUT2D eigenvalue weighted by atomic mass is 9.93. The van der Waals surface area contributed by atoms with Gasteiger partial charge < -0.3 is 15.3 Å². The summed E-state index contributed by atoms with van der Waals surface area (Å²) >= 11 is 9.93. The largest absolute Gasteiger partial charge is 0.481 e. The Labute approximate surface area is 218 Å². The van der Waals surface area contributed by atoms with Gasteiger partial charge in [0.25, 0.3) is 5.91 Å². The first kappa shape index (κ1) is 25.2. The van der Waals surface area contributed by atoms with Crippen LogP contribution in [0.4, 0.5) is 5.82 Å². The van der Waals surface area contributed by atoms with E-state index >= 15 is 0 Å². The van der Waals surface area contributed by atoms with Crippen LogP contribution in [0.2, 0.25) is 5.02 Å². The number of nitrogens with one attached hydrogen (secondary N) is 1. The van der Waals surface area contributed by atoms with Crippen LogP contribution in [0.25, 0.3) is 10.9 Å². The van der Waals surface area contributed by atoms with Gasteiger partial charge in [-0.3, -0.25) is 9.59 Å². The number of carboxylic acids is 1. The van der Waals surface area contributed by atoms with Crippen LogP contribution in [0.1, 0.15) is 46.7 Å². The van der Waals surface area contributed by atoms with Gasteiger partial charge in [0, 0.05) is 52.4 Å². The molecule has 35 heavy (non-hydrogen) atoms. The predicted octanol–water partition coefficient (Wildman–Crippen LogP) is 6.10. The van der Waals surface area contributed by atoms with Gasteiger partial charge in [-0.25, -0.2) is 4.98 Å². The smallest absolute Gasteiger partial charge is 0.303 e. The highest BCUT2D eigenvalue weighted by molar-refractivity contribution is 9.10. The van der Waals surface area contributed by atoms with Crippen molar-refractivity contribution in [2.45, 2.75) is 32.1 Å². The van der Waals surface area contributed by atoms with Crippen LogP contribution in [0, 0.1) is 6.92 Å². The normalized spacial score (nSPS) is 14.2. The molecule has 0 spiro atoms. The van der Waals surface area contributed by atoms with Crippen LogP contribution in [0.3, 0.4) is 0 Å². The number of hydrogen-bond acceptors (Lipinski definition) is 4. The summed E-state index contributed by atoms with van der Waals surface area (Å²) in [5, 5.41) is 13.6. The summed E-state index contributed by atoms with van der Waals surface area (Å²) in [7, 11) is 0. The third-order valence-corrected chi connectivity index (χ3v) is 7.15. The molecule has 2 N–H and O–H groups in total. The maximum absolute atomic E-state index is 13.6. The van der Waals surface area contributed by atoms with Crippen LogP contribution in [-0.4, -0.2) is 41.6 Å². The zero-order valence-electron chi connectivity index (χ0n) is 19.4. The van der Waals surface area contributed by atoms with E-state index in [2.05, 4.69) is 38.3 Å². The Morgan fingerprint density at radius 1 is 1.23 bits per heavy atom. The molecule has 0 aliphatic carbocycles. The van der Waals surface area contributed by atoms with E-state index in [9.17, 15) is 14.7 Å². The van der Waals surface area contributed by atoms with Crippen LogP contribution in [-0.2, 0) is 4.79 Å². The summed E-state index contributed by atoms with van der Waals surface area (Å²) in [6, 6.07) is 13.1. The van der Waals surface area contributed by atoms with Crippen LogP contribution in [0.5, 0.6) is 0 Å². The summed E-state index contributed by atoms with van der Waals surface area (Å²) in [6.07, 6.45) is 5.56. The van der Waals surface area contributed by atoms with E-state index in [4.69, 9.17) is 16.6 Å². The topological polar surface area (TPSA) is 82.5 Å². The fourth-order valence-electron chi connectivity index (χ4n) is 4.53. The average Bonchev–Trinajstić information content (AvgIpc) is 2.84. The van der Waals surface area contributed by atoms with Crippen molar-refractivity contribution in [1.29, 1.82) is 0 Å². The van der Waals surface area contributed by atoms with E-state index < -0.39 is 5.97 Å². The SMILES string of the molecule is Cc1c(N2CC=CCC2)nc2ccc(Br)cc2c1C(=O)NCC(CCC(=O)O)c1ccccc1Cl. The number of aromatic nitrogens is 1. The van der Waals surface area contributed by atoms with E-state index in [1.807, 2.05) is 43.3 Å². The number of hydrogen-bond donors (Lipinski definition) is 2. The first-order chi connectivity index (χ1) is 16.8. The average molecular weight is 557 g/mol. The van der Waals surface area contributed by atoms with Gasteiger partial charge >= 0.3 is 5.97 Å². The van der Waals surface area contributed by atoms with Gasteiger partial charge in [0.15, 0.2) is 0 Å². The van der Waals surface area contributed by atoms with E-state index in [-0.39, 0.29) is 24.8 Å². The molecule has 6 nitrogen and oxygen atoms in total. The molecule has 0 saturated heterocycles. The molecule has 2 aromatic carbocycles. The number of benzene rings is 2. The predicted molar refractivity (Wildman–Crippen MR) is 144 cm³/mol. The number of carboxylic acid groups (broad SMARTS) is 1. The summed E-state index contributed by atoms with van der Waals surface area (Å²) in [6.45, 7) is 3.80. The van der Waals surface area contributed by atoms with Crippen LogP contribution in [0.15, 0.2) is 59.1 Å². The second-order valence-electron chi connectivity index (χ2n) is 8.66. The zero-order valence-corrected chi connectivity index (χ0v) is 21.8. The van der Waals surface area contributed by atoms with Crippen LogP contribution >= 0.6 is 27.5 Å². The third-order valence-electron chi connectivity index (χ3n) is 6.31. The molecule has 1 aromatic heterocycles. The van der Waals surface area contributed by atoms with Gasteiger partial charge in [-0.15, -0.1) is 0 Å². The molecule has 2 heterocycles. The molecule has 4 rings (SSSR count). The number of nitrogens with zero attached hydrogens (tertiary/aromatic N) is 2. The Kier molecular flexibility index (Phi) is 8.08. The highest BCUT2D eigenvalue weighted by Gasteiger charge is 2.23. The molecule has 0 saturated carbocycles. The number of halogens is 2. The Hall–Kier alpha value is -2.90. The number of fused-ring (bicyclic) bond motifs is 1. The Morgan fingerprint density at radius 3 is 2.74 bits per heavy atom. The molecular formula is C27H27BrClN3O3. The second-order valence-corrected chi connectivity index (χ2v) is 9.99. The van der Waals surface area contributed by atoms with Crippen molar-refractivity contribution >= 4 is 56.1 Å². The fourth-order valence-corrected chi connectivity index (χ4v) is 5.18. The van der Waals surface area contributed by atoms with E-state index in [1.54, 1.807) is 6.07 Å². The molecule has 0 radical (unpaired) electrons. The lowest BCUT2D eigenvalue weighted by molar-refractivity contribution is -0.137. The summed E-state index contributed by atoms with van der Waals surface area (Å²) in [5.41, 5.74) is 2.98. The number of aliphatic carboxylic acids is 1. The van der Waals surface area contributed by atoms with Crippen molar-refractivity contribution < 1.29 is 14.7 Å². The quantitative estimate of drug-likeness (QED) is 0.328. The van der Waals surface area contributed by atoms with Gasteiger partial charge in [-0.2, -0.15) is 0 Å². The first-order valence-corrected chi connectivity index (χ1v) is 12.8. The van der Waals surface area contributed by atoms with Crippen molar-refractivity contribution in [1.82, 2.24) is 10.3 Å². The number of amides is 1. The highest BCUT2D eigenvalue weighted by atomic mass is 79.9.